The number of ether oxygens (including phenoxy) is 2. The van der Waals surface area contributed by atoms with Crippen LogP contribution in [-0.2, 0) is 28.7 Å². The Morgan fingerprint density at radius 1 is 0.885 bits per heavy atom. The van der Waals surface area contributed by atoms with Crippen LogP contribution in [0.3, 0.4) is 0 Å². The van der Waals surface area contributed by atoms with Gasteiger partial charge in [-0.3, -0.25) is 28.9 Å². The summed E-state index contributed by atoms with van der Waals surface area (Å²) in [5.74, 6) is -1.81. The number of nitrogens with one attached hydrogen (secondary N) is 1. The number of likely N-dealkylation sites (N-methyl/N-ethyl adjacent to an activating group) is 2. The van der Waals surface area contributed by atoms with Gasteiger partial charge in [-0.15, -0.1) is 0 Å². The summed E-state index contributed by atoms with van der Waals surface area (Å²) < 4.78 is 11.9. The summed E-state index contributed by atoms with van der Waals surface area (Å²) in [6.45, 7) is 16.0. The van der Waals surface area contributed by atoms with Crippen LogP contribution in [0.1, 0.15) is 97.9 Å². The van der Waals surface area contributed by atoms with E-state index in [9.17, 15) is 24.0 Å². The Balaban J connectivity index is 2.26. The number of hydrogen-bond acceptors (Lipinski definition) is 8. The van der Waals surface area contributed by atoms with E-state index < -0.39 is 36.1 Å². The van der Waals surface area contributed by atoms with Gasteiger partial charge >= 0.3 is 0 Å². The van der Waals surface area contributed by atoms with E-state index in [2.05, 4.69) is 19.2 Å². The molecular formula is C41H68N4O7. The average molecular weight is 729 g/mol. The summed E-state index contributed by atoms with van der Waals surface area (Å²) in [4.78, 5) is 73.7. The summed E-state index contributed by atoms with van der Waals surface area (Å²) in [5, 5.41) is 2.85. The van der Waals surface area contributed by atoms with Gasteiger partial charge in [-0.2, -0.15) is 0 Å². The summed E-state index contributed by atoms with van der Waals surface area (Å²) in [5.41, 5.74) is 0.520. The van der Waals surface area contributed by atoms with E-state index in [0.717, 1.165) is 12.8 Å². The number of benzene rings is 1. The van der Waals surface area contributed by atoms with Crippen LogP contribution >= 0.6 is 0 Å². The number of hydrogen-bond donors (Lipinski definition) is 1. The van der Waals surface area contributed by atoms with Gasteiger partial charge in [-0.25, -0.2) is 0 Å². The lowest BCUT2D eigenvalue weighted by atomic mass is 9.83. The first-order valence-electron chi connectivity index (χ1n) is 19.1. The third kappa shape index (κ3) is 11.4. The molecule has 2 rings (SSSR count). The number of nitrogens with zero attached hydrogens (tertiary/aromatic N) is 3. The number of likely N-dealkylation sites (tertiary alicyclic amines) is 1. The molecular weight excluding hydrogens is 660 g/mol. The molecule has 1 N–H and O–H groups in total. The number of carbonyl (C=O) groups excluding carboxylic acids is 5. The number of rotatable bonds is 21. The van der Waals surface area contributed by atoms with Crippen molar-refractivity contribution in [1.29, 1.82) is 0 Å². The first-order valence-corrected chi connectivity index (χ1v) is 19.1. The predicted molar refractivity (Wildman–Crippen MR) is 205 cm³/mol. The summed E-state index contributed by atoms with van der Waals surface area (Å²) >= 11 is 0. The standard InChI is InChI=1S/C41H68N4O7/c1-14-27(6)37(44(11)41(50)31(25(2)3)23-33(46)36(26(4)5)43(9)10)34(51-12)24-35(47)45-22-18-21-32(45)39(52-13)28(7)40(49)42-29(8)38(48)30-19-16-15-17-20-30/h15-17,19-20,25-29,31-32,34,36-37,39H,14,18,21-24H2,1-13H3,(H,42,49)/t27-,28+,29+,31-,32-,34+,36-,37-,39+/m0/s1. The van der Waals surface area contributed by atoms with Gasteiger partial charge in [0.15, 0.2) is 11.6 Å². The maximum absolute atomic E-state index is 14.3. The second-order valence-corrected chi connectivity index (χ2v) is 15.7. The Kier molecular flexibility index (Phi) is 18.1. The minimum atomic E-state index is -0.728. The minimum absolute atomic E-state index is 0.00537. The van der Waals surface area contributed by atoms with Gasteiger partial charge in [0.1, 0.15) is 0 Å². The Bertz CT molecular complexity index is 1310. The van der Waals surface area contributed by atoms with Gasteiger partial charge in [0.05, 0.1) is 48.7 Å². The van der Waals surface area contributed by atoms with Gasteiger partial charge in [0, 0.05) is 45.7 Å². The van der Waals surface area contributed by atoms with Crippen molar-refractivity contribution in [2.75, 3.05) is 41.9 Å². The Morgan fingerprint density at radius 3 is 2.00 bits per heavy atom. The molecule has 1 heterocycles. The quantitative estimate of drug-likeness (QED) is 0.173. The lowest BCUT2D eigenvalue weighted by Crippen LogP contribution is -2.54. The fourth-order valence-corrected chi connectivity index (χ4v) is 8.03. The molecule has 0 saturated carbocycles. The topological polar surface area (TPSA) is 126 Å². The smallest absolute Gasteiger partial charge is 0.226 e. The maximum Gasteiger partial charge on any atom is 0.226 e. The van der Waals surface area contributed by atoms with E-state index in [4.69, 9.17) is 9.47 Å². The second-order valence-electron chi connectivity index (χ2n) is 15.7. The zero-order chi connectivity index (χ0) is 39.4. The lowest BCUT2D eigenvalue weighted by molar-refractivity contribution is -0.149. The second kappa shape index (κ2) is 20.9. The van der Waals surface area contributed by atoms with E-state index >= 15 is 0 Å². The van der Waals surface area contributed by atoms with E-state index in [1.54, 1.807) is 69.2 Å². The molecule has 1 aliphatic heterocycles. The molecule has 11 heteroatoms. The highest BCUT2D eigenvalue weighted by atomic mass is 16.5. The van der Waals surface area contributed by atoms with Crippen molar-refractivity contribution in [3.8, 4) is 0 Å². The molecule has 52 heavy (non-hydrogen) atoms. The predicted octanol–water partition coefficient (Wildman–Crippen LogP) is 5.11. The van der Waals surface area contributed by atoms with Gasteiger partial charge in [-0.1, -0.05) is 85.2 Å². The molecule has 0 spiro atoms. The monoisotopic (exact) mass is 729 g/mol. The molecule has 1 fully saturated rings. The minimum Gasteiger partial charge on any atom is -0.379 e. The summed E-state index contributed by atoms with van der Waals surface area (Å²) in [7, 11) is 8.67. The first kappa shape index (κ1) is 45.0. The molecule has 0 bridgehead atoms. The van der Waals surface area contributed by atoms with Crippen molar-refractivity contribution < 1.29 is 33.4 Å². The van der Waals surface area contributed by atoms with Crippen LogP contribution in [-0.4, -0.2) is 122 Å². The zero-order valence-electron chi connectivity index (χ0n) is 34.2. The lowest BCUT2D eigenvalue weighted by Gasteiger charge is -2.41. The van der Waals surface area contributed by atoms with Gasteiger partial charge in [0.25, 0.3) is 0 Å². The molecule has 0 aliphatic carbocycles. The van der Waals surface area contributed by atoms with Crippen molar-refractivity contribution >= 4 is 29.3 Å². The fourth-order valence-electron chi connectivity index (χ4n) is 8.03. The van der Waals surface area contributed by atoms with E-state index in [0.29, 0.717) is 18.5 Å². The third-order valence-corrected chi connectivity index (χ3v) is 11.1. The van der Waals surface area contributed by atoms with Crippen LogP contribution in [0.5, 0.6) is 0 Å². The van der Waals surface area contributed by atoms with Gasteiger partial charge in [0.2, 0.25) is 17.7 Å². The Labute approximate surface area is 313 Å². The highest BCUT2D eigenvalue weighted by Crippen LogP contribution is 2.31. The molecule has 1 aromatic rings. The third-order valence-electron chi connectivity index (χ3n) is 11.1. The van der Waals surface area contributed by atoms with Crippen LogP contribution in [0.15, 0.2) is 30.3 Å². The molecule has 1 aliphatic rings. The molecule has 1 saturated heterocycles. The summed E-state index contributed by atoms with van der Waals surface area (Å²) in [6, 6.07) is 7.07. The SMILES string of the molecule is CC[C@H](C)[C@@H]([C@@H](CC(=O)N1CCC[C@H]1[C@H](OC)[C@@H](C)C(=O)N[C@H](C)C(=O)c1ccccc1)OC)N(C)C(=O)[C@@H](CC(=O)[C@H](C(C)C)N(C)C)C(C)C. The number of methoxy groups -OCH3 is 2. The van der Waals surface area contributed by atoms with E-state index in [1.807, 2.05) is 52.8 Å². The van der Waals surface area contributed by atoms with Crippen LogP contribution < -0.4 is 5.32 Å². The zero-order valence-corrected chi connectivity index (χ0v) is 34.2. The largest absolute Gasteiger partial charge is 0.379 e. The maximum atomic E-state index is 14.3. The van der Waals surface area contributed by atoms with Crippen LogP contribution in [0.25, 0.3) is 0 Å². The average Bonchev–Trinajstić information content (AvgIpc) is 3.59. The van der Waals surface area contributed by atoms with Gasteiger partial charge in [-0.05, 0) is 51.6 Å². The van der Waals surface area contributed by atoms with E-state index in [1.165, 1.54) is 0 Å². The van der Waals surface area contributed by atoms with Crippen molar-refractivity contribution in [3.05, 3.63) is 35.9 Å². The molecule has 294 valence electrons. The Morgan fingerprint density at radius 2 is 1.50 bits per heavy atom. The fraction of sp³-hybridized carbons (Fsp3) is 0.732. The van der Waals surface area contributed by atoms with Gasteiger partial charge < -0.3 is 24.6 Å². The van der Waals surface area contributed by atoms with Crippen molar-refractivity contribution in [2.45, 2.75) is 124 Å². The molecule has 11 nitrogen and oxygen atoms in total. The number of ketones is 2. The van der Waals surface area contributed by atoms with Crippen LogP contribution in [0, 0.1) is 29.6 Å². The number of amides is 3. The van der Waals surface area contributed by atoms with Crippen molar-refractivity contribution in [2.24, 2.45) is 29.6 Å². The van der Waals surface area contributed by atoms with Crippen molar-refractivity contribution in [1.82, 2.24) is 20.0 Å². The number of Topliss-reactive ketones (excluding diaryl/α,β-unsaturated/α-hetero) is 2. The normalized spacial score (nSPS) is 19.5. The molecule has 0 unspecified atom stereocenters. The number of carbonyl (C=O) groups is 5. The molecule has 3 amide bonds. The van der Waals surface area contributed by atoms with Crippen LogP contribution in [0.4, 0.5) is 0 Å². The highest BCUT2D eigenvalue weighted by molar-refractivity contribution is 6.01. The highest BCUT2D eigenvalue weighted by Gasteiger charge is 2.43. The van der Waals surface area contributed by atoms with Crippen LogP contribution in [0.2, 0.25) is 0 Å². The molecule has 9 atom stereocenters. The Hall–Kier alpha value is -3.15. The summed E-state index contributed by atoms with van der Waals surface area (Å²) in [6.07, 6.45) is 1.17. The first-order chi connectivity index (χ1) is 24.4. The van der Waals surface area contributed by atoms with Crippen molar-refractivity contribution in [3.63, 3.8) is 0 Å². The molecule has 0 radical (unpaired) electrons. The molecule has 0 aromatic heterocycles. The molecule has 1 aromatic carbocycles. The van der Waals surface area contributed by atoms with E-state index in [-0.39, 0.29) is 72.0 Å².